The number of amides is 2. The highest BCUT2D eigenvalue weighted by Crippen LogP contribution is 2.05. The second-order valence-electron chi connectivity index (χ2n) is 3.53. The minimum Gasteiger partial charge on any atom is -0.356 e. The standard InChI is InChI=1S/C11H17N5O2/c1-2-13-10(17)4-6-15-11(18)9-7-8(16-12)3-5-14-9/h3,5,7H,2,4,6,12H2,1H3,(H,13,17)(H,14,16)(H,15,18). The number of anilines is 1. The smallest absolute Gasteiger partial charge is 0.269 e. The molecule has 2 amide bonds. The van der Waals surface area contributed by atoms with Gasteiger partial charge in [-0.1, -0.05) is 0 Å². The van der Waals surface area contributed by atoms with Crippen LogP contribution in [0, 0.1) is 0 Å². The zero-order chi connectivity index (χ0) is 13.4. The predicted octanol–water partition coefficient (Wildman–Crippen LogP) is -0.377. The van der Waals surface area contributed by atoms with E-state index in [1.165, 1.54) is 12.3 Å². The average molecular weight is 251 g/mol. The monoisotopic (exact) mass is 251 g/mol. The van der Waals surface area contributed by atoms with E-state index in [0.717, 1.165) is 0 Å². The van der Waals surface area contributed by atoms with Gasteiger partial charge in [0.2, 0.25) is 5.91 Å². The Hall–Kier alpha value is -2.15. The molecule has 5 N–H and O–H groups in total. The highest BCUT2D eigenvalue weighted by molar-refractivity contribution is 5.93. The molecule has 0 aliphatic rings. The highest BCUT2D eigenvalue weighted by atomic mass is 16.2. The van der Waals surface area contributed by atoms with Crippen molar-refractivity contribution in [1.82, 2.24) is 15.6 Å². The van der Waals surface area contributed by atoms with E-state index in [0.29, 0.717) is 12.2 Å². The largest absolute Gasteiger partial charge is 0.356 e. The van der Waals surface area contributed by atoms with E-state index in [9.17, 15) is 9.59 Å². The fourth-order valence-electron chi connectivity index (χ4n) is 1.31. The fraction of sp³-hybridized carbons (Fsp3) is 0.364. The van der Waals surface area contributed by atoms with E-state index < -0.39 is 0 Å². The van der Waals surface area contributed by atoms with Gasteiger partial charge in [-0.15, -0.1) is 0 Å². The molecule has 7 nitrogen and oxygen atoms in total. The summed E-state index contributed by atoms with van der Waals surface area (Å²) in [5, 5.41) is 5.25. The van der Waals surface area contributed by atoms with Crippen LogP contribution in [0.2, 0.25) is 0 Å². The van der Waals surface area contributed by atoms with Crippen molar-refractivity contribution in [2.45, 2.75) is 13.3 Å². The third kappa shape index (κ3) is 4.38. The lowest BCUT2D eigenvalue weighted by atomic mass is 10.3. The van der Waals surface area contributed by atoms with Crippen molar-refractivity contribution in [3.8, 4) is 0 Å². The van der Waals surface area contributed by atoms with Crippen molar-refractivity contribution in [3.05, 3.63) is 24.0 Å². The zero-order valence-corrected chi connectivity index (χ0v) is 10.2. The number of nitrogens with zero attached hydrogens (tertiary/aromatic N) is 1. The molecule has 0 unspecified atom stereocenters. The minimum absolute atomic E-state index is 0.0943. The molecule has 18 heavy (non-hydrogen) atoms. The van der Waals surface area contributed by atoms with Gasteiger partial charge >= 0.3 is 0 Å². The van der Waals surface area contributed by atoms with Gasteiger partial charge in [-0.25, -0.2) is 0 Å². The van der Waals surface area contributed by atoms with Crippen molar-refractivity contribution in [3.63, 3.8) is 0 Å². The third-order valence-corrected chi connectivity index (χ3v) is 2.17. The molecule has 1 heterocycles. The topological polar surface area (TPSA) is 109 Å². The number of nitrogen functional groups attached to an aromatic ring is 1. The molecule has 0 radical (unpaired) electrons. The molecule has 0 fully saturated rings. The number of hydrogen-bond donors (Lipinski definition) is 4. The van der Waals surface area contributed by atoms with Gasteiger partial charge in [0.25, 0.3) is 5.91 Å². The van der Waals surface area contributed by atoms with Gasteiger partial charge in [0.05, 0.1) is 5.69 Å². The summed E-state index contributed by atoms with van der Waals surface area (Å²) in [4.78, 5) is 26.7. The number of hydrazine groups is 1. The number of pyridine rings is 1. The molecular weight excluding hydrogens is 234 g/mol. The number of nitrogens with two attached hydrogens (primary N) is 1. The van der Waals surface area contributed by atoms with Crippen LogP contribution in [0.1, 0.15) is 23.8 Å². The molecule has 0 aromatic carbocycles. The molecule has 98 valence electrons. The molecule has 0 saturated carbocycles. The number of nitrogens with one attached hydrogen (secondary N) is 3. The van der Waals surface area contributed by atoms with Gasteiger partial charge < -0.3 is 16.1 Å². The van der Waals surface area contributed by atoms with Gasteiger partial charge in [0.15, 0.2) is 0 Å². The summed E-state index contributed by atoms with van der Waals surface area (Å²) in [7, 11) is 0. The van der Waals surface area contributed by atoms with Crippen LogP contribution in [0.25, 0.3) is 0 Å². The number of aromatic nitrogens is 1. The highest BCUT2D eigenvalue weighted by Gasteiger charge is 2.08. The predicted molar refractivity (Wildman–Crippen MR) is 67.7 cm³/mol. The first-order valence-electron chi connectivity index (χ1n) is 5.65. The van der Waals surface area contributed by atoms with Crippen LogP contribution < -0.4 is 21.9 Å². The molecule has 1 aromatic heterocycles. The molecule has 0 bridgehead atoms. The summed E-state index contributed by atoms with van der Waals surface area (Å²) in [6.45, 7) is 2.69. The van der Waals surface area contributed by atoms with Crippen LogP contribution in [0.5, 0.6) is 0 Å². The van der Waals surface area contributed by atoms with Crippen molar-refractivity contribution in [1.29, 1.82) is 0 Å². The number of carbonyl (C=O) groups excluding carboxylic acids is 2. The Morgan fingerprint density at radius 1 is 1.39 bits per heavy atom. The average Bonchev–Trinajstić information content (AvgIpc) is 2.39. The molecule has 0 spiro atoms. The minimum atomic E-state index is -0.337. The molecule has 1 aromatic rings. The van der Waals surface area contributed by atoms with Gasteiger partial charge in [0.1, 0.15) is 5.69 Å². The quantitative estimate of drug-likeness (QED) is 0.407. The zero-order valence-electron chi connectivity index (χ0n) is 10.2. The van der Waals surface area contributed by atoms with Crippen molar-refractivity contribution >= 4 is 17.5 Å². The molecule has 1 rings (SSSR count). The second-order valence-corrected chi connectivity index (χ2v) is 3.53. The first-order valence-corrected chi connectivity index (χ1v) is 5.65. The van der Waals surface area contributed by atoms with E-state index in [1.54, 1.807) is 6.07 Å². The van der Waals surface area contributed by atoms with Crippen molar-refractivity contribution in [2.24, 2.45) is 5.84 Å². The summed E-state index contributed by atoms with van der Waals surface area (Å²) in [6, 6.07) is 3.17. The van der Waals surface area contributed by atoms with Crippen molar-refractivity contribution < 1.29 is 9.59 Å². The maximum atomic E-state index is 11.7. The maximum absolute atomic E-state index is 11.7. The lowest BCUT2D eigenvalue weighted by molar-refractivity contribution is -0.120. The Morgan fingerprint density at radius 2 is 2.17 bits per heavy atom. The SMILES string of the molecule is CCNC(=O)CCNC(=O)c1cc(NN)ccn1. The van der Waals surface area contributed by atoms with E-state index >= 15 is 0 Å². The Morgan fingerprint density at radius 3 is 2.83 bits per heavy atom. The molecule has 7 heteroatoms. The van der Waals surface area contributed by atoms with Gasteiger partial charge in [-0.3, -0.25) is 20.4 Å². The summed E-state index contributed by atoms with van der Waals surface area (Å²) >= 11 is 0. The van der Waals surface area contributed by atoms with Crippen molar-refractivity contribution in [2.75, 3.05) is 18.5 Å². The Bertz CT molecular complexity index is 422. The molecular formula is C11H17N5O2. The summed E-state index contributed by atoms with van der Waals surface area (Å²) < 4.78 is 0. The Kier molecular flexibility index (Phi) is 5.59. The Balaban J connectivity index is 2.42. The number of hydrogen-bond acceptors (Lipinski definition) is 5. The molecule has 0 aliphatic carbocycles. The van der Waals surface area contributed by atoms with Crippen LogP contribution in [0.15, 0.2) is 18.3 Å². The fourth-order valence-corrected chi connectivity index (χ4v) is 1.31. The lowest BCUT2D eigenvalue weighted by Gasteiger charge is -2.06. The maximum Gasteiger partial charge on any atom is 0.269 e. The Labute approximate surface area is 105 Å². The molecule has 0 atom stereocenters. The van der Waals surface area contributed by atoms with Crippen LogP contribution in [0.3, 0.4) is 0 Å². The normalized spacial score (nSPS) is 9.67. The number of rotatable bonds is 6. The van der Waals surface area contributed by atoms with Gasteiger partial charge in [0, 0.05) is 25.7 Å². The van der Waals surface area contributed by atoms with Gasteiger partial charge in [-0.05, 0) is 19.1 Å². The second kappa shape index (κ2) is 7.23. The van der Waals surface area contributed by atoms with Gasteiger partial charge in [-0.2, -0.15) is 0 Å². The molecule has 0 saturated heterocycles. The van der Waals surface area contributed by atoms with Crippen LogP contribution in [-0.2, 0) is 4.79 Å². The number of carbonyl (C=O) groups is 2. The first kappa shape index (κ1) is 13.9. The van der Waals surface area contributed by atoms with E-state index in [4.69, 9.17) is 5.84 Å². The lowest BCUT2D eigenvalue weighted by Crippen LogP contribution is -2.31. The van der Waals surface area contributed by atoms with Crippen LogP contribution in [-0.4, -0.2) is 29.9 Å². The first-order chi connectivity index (χ1) is 8.67. The van der Waals surface area contributed by atoms with E-state index in [2.05, 4.69) is 21.0 Å². The summed E-state index contributed by atoms with van der Waals surface area (Å²) in [6.07, 6.45) is 1.72. The summed E-state index contributed by atoms with van der Waals surface area (Å²) in [5.74, 6) is 4.80. The van der Waals surface area contributed by atoms with Crippen LogP contribution in [0.4, 0.5) is 5.69 Å². The van der Waals surface area contributed by atoms with E-state index in [-0.39, 0.29) is 30.5 Å². The third-order valence-electron chi connectivity index (χ3n) is 2.17. The van der Waals surface area contributed by atoms with Crippen LogP contribution >= 0.6 is 0 Å². The van der Waals surface area contributed by atoms with E-state index in [1.807, 2.05) is 6.92 Å². The molecule has 0 aliphatic heterocycles. The summed E-state index contributed by atoms with van der Waals surface area (Å²) in [5.41, 5.74) is 3.28.